The molecule has 1 aliphatic heterocycles. The Morgan fingerprint density at radius 2 is 2.19 bits per heavy atom. The van der Waals surface area contributed by atoms with E-state index in [2.05, 4.69) is 30.3 Å². The van der Waals surface area contributed by atoms with Crippen molar-refractivity contribution in [1.82, 2.24) is 9.78 Å². The van der Waals surface area contributed by atoms with Crippen molar-refractivity contribution in [3.63, 3.8) is 0 Å². The molecular weight excluding hydrogens is 202 g/mol. The van der Waals surface area contributed by atoms with Crippen molar-refractivity contribution < 1.29 is 4.74 Å². The lowest BCUT2D eigenvalue weighted by Crippen LogP contribution is -2.31. The Morgan fingerprint density at radius 3 is 2.75 bits per heavy atom. The van der Waals surface area contributed by atoms with Gasteiger partial charge < -0.3 is 10.1 Å². The molecule has 1 fully saturated rings. The summed E-state index contributed by atoms with van der Waals surface area (Å²) in [5.41, 5.74) is 1.18. The molecule has 2 heterocycles. The number of hydrogen-bond acceptors (Lipinski definition) is 3. The average Bonchev–Trinajstić information content (AvgIpc) is 2.59. The van der Waals surface area contributed by atoms with Gasteiger partial charge in [0.05, 0.1) is 0 Å². The van der Waals surface area contributed by atoms with E-state index in [1.165, 1.54) is 5.69 Å². The molecule has 0 bridgehead atoms. The monoisotopic (exact) mass is 223 g/mol. The lowest BCUT2D eigenvalue weighted by molar-refractivity contribution is 0.0622. The maximum absolute atomic E-state index is 5.38. The number of hydrogen-bond donors (Lipinski definition) is 1. The Balaban J connectivity index is 1.93. The Morgan fingerprint density at radius 1 is 1.50 bits per heavy atom. The summed E-state index contributed by atoms with van der Waals surface area (Å²) >= 11 is 0. The zero-order chi connectivity index (χ0) is 11.5. The second-order valence-electron chi connectivity index (χ2n) is 4.68. The number of aryl methyl sites for hydroxylation is 2. The number of aromatic nitrogens is 2. The van der Waals surface area contributed by atoms with Gasteiger partial charge in [0.2, 0.25) is 0 Å². The van der Waals surface area contributed by atoms with Gasteiger partial charge in [0.15, 0.2) is 0 Å². The molecule has 4 nitrogen and oxygen atoms in total. The Bertz CT molecular complexity index is 323. The zero-order valence-corrected chi connectivity index (χ0v) is 10.4. The van der Waals surface area contributed by atoms with Crippen LogP contribution in [0, 0.1) is 12.8 Å². The van der Waals surface area contributed by atoms with Gasteiger partial charge in [-0.2, -0.15) is 5.10 Å². The second-order valence-corrected chi connectivity index (χ2v) is 4.68. The minimum Gasteiger partial charge on any atom is -0.381 e. The van der Waals surface area contributed by atoms with Crippen LogP contribution < -0.4 is 5.32 Å². The molecule has 0 amide bonds. The van der Waals surface area contributed by atoms with E-state index in [0.29, 0.717) is 12.0 Å². The third-order valence-corrected chi connectivity index (χ3v) is 3.46. The van der Waals surface area contributed by atoms with E-state index < -0.39 is 0 Å². The molecule has 90 valence electrons. The summed E-state index contributed by atoms with van der Waals surface area (Å²) in [5.74, 6) is 1.69. The largest absolute Gasteiger partial charge is 0.381 e. The van der Waals surface area contributed by atoms with Gasteiger partial charge in [-0.05, 0) is 32.6 Å². The fourth-order valence-electron chi connectivity index (χ4n) is 2.20. The molecular formula is C12H21N3O. The number of nitrogens with one attached hydrogen (secondary N) is 1. The van der Waals surface area contributed by atoms with E-state index in [9.17, 15) is 0 Å². The minimum atomic E-state index is 0.471. The Hall–Kier alpha value is -1.03. The van der Waals surface area contributed by atoms with Crippen molar-refractivity contribution in [2.75, 3.05) is 18.5 Å². The predicted octanol–water partition coefficient (Wildman–Crippen LogP) is 1.96. The second kappa shape index (κ2) is 4.87. The van der Waals surface area contributed by atoms with Crippen LogP contribution in [0.5, 0.6) is 0 Å². The van der Waals surface area contributed by atoms with Crippen molar-refractivity contribution in [3.05, 3.63) is 11.8 Å². The number of rotatable bonds is 3. The first-order chi connectivity index (χ1) is 7.66. The first kappa shape index (κ1) is 11.5. The maximum atomic E-state index is 5.38. The van der Waals surface area contributed by atoms with Crippen LogP contribution in [0.15, 0.2) is 6.07 Å². The van der Waals surface area contributed by atoms with Gasteiger partial charge in [0.1, 0.15) is 5.82 Å². The summed E-state index contributed by atoms with van der Waals surface area (Å²) in [5, 5.41) is 7.91. The van der Waals surface area contributed by atoms with Gasteiger partial charge in [-0.25, -0.2) is 0 Å². The highest BCUT2D eigenvalue weighted by Crippen LogP contribution is 2.21. The first-order valence-corrected chi connectivity index (χ1v) is 6.01. The van der Waals surface area contributed by atoms with E-state index in [-0.39, 0.29) is 0 Å². The van der Waals surface area contributed by atoms with Gasteiger partial charge in [0, 0.05) is 38.1 Å². The molecule has 1 N–H and O–H groups in total. The molecule has 0 aliphatic carbocycles. The number of ether oxygens (including phenoxy) is 1. The predicted molar refractivity (Wildman–Crippen MR) is 64.6 cm³/mol. The molecule has 4 heteroatoms. The zero-order valence-electron chi connectivity index (χ0n) is 10.4. The highest BCUT2D eigenvalue weighted by Gasteiger charge is 2.20. The third-order valence-electron chi connectivity index (χ3n) is 3.46. The highest BCUT2D eigenvalue weighted by atomic mass is 16.5. The topological polar surface area (TPSA) is 39.1 Å². The van der Waals surface area contributed by atoms with E-state index in [1.807, 2.05) is 11.7 Å². The van der Waals surface area contributed by atoms with Gasteiger partial charge in [-0.15, -0.1) is 0 Å². The molecule has 1 unspecified atom stereocenters. The first-order valence-electron chi connectivity index (χ1n) is 6.01. The SMILES string of the molecule is Cc1cc(NC(C)C2CCOCC2)nn1C. The van der Waals surface area contributed by atoms with Crippen molar-refractivity contribution in [1.29, 1.82) is 0 Å². The maximum Gasteiger partial charge on any atom is 0.148 e. The summed E-state index contributed by atoms with van der Waals surface area (Å²) in [7, 11) is 1.97. The Kier molecular flexibility index (Phi) is 3.49. The smallest absolute Gasteiger partial charge is 0.148 e. The molecule has 1 atom stereocenters. The van der Waals surface area contributed by atoms with Gasteiger partial charge >= 0.3 is 0 Å². The summed E-state index contributed by atoms with van der Waals surface area (Å²) in [4.78, 5) is 0. The lowest BCUT2D eigenvalue weighted by Gasteiger charge is -2.28. The van der Waals surface area contributed by atoms with Gasteiger partial charge in [-0.3, -0.25) is 4.68 Å². The molecule has 0 radical (unpaired) electrons. The molecule has 1 aromatic rings. The van der Waals surface area contributed by atoms with Crippen molar-refractivity contribution in [2.45, 2.75) is 32.7 Å². The van der Waals surface area contributed by atoms with Crippen molar-refractivity contribution in [3.8, 4) is 0 Å². The molecule has 1 saturated heterocycles. The fraction of sp³-hybridized carbons (Fsp3) is 0.750. The standard InChI is InChI=1S/C12H21N3O/c1-9-8-12(14-15(9)3)13-10(2)11-4-6-16-7-5-11/h8,10-11H,4-7H2,1-3H3,(H,13,14). The summed E-state index contributed by atoms with van der Waals surface area (Å²) in [6.45, 7) is 6.10. The van der Waals surface area contributed by atoms with Gasteiger partial charge in [0.25, 0.3) is 0 Å². The van der Waals surface area contributed by atoms with E-state index in [0.717, 1.165) is 31.9 Å². The van der Waals surface area contributed by atoms with Crippen LogP contribution in [0.2, 0.25) is 0 Å². The van der Waals surface area contributed by atoms with Crippen LogP contribution in [0.25, 0.3) is 0 Å². The van der Waals surface area contributed by atoms with E-state index >= 15 is 0 Å². The van der Waals surface area contributed by atoms with Crippen LogP contribution >= 0.6 is 0 Å². The molecule has 0 aromatic carbocycles. The fourth-order valence-corrected chi connectivity index (χ4v) is 2.20. The normalized spacial score (nSPS) is 19.7. The van der Waals surface area contributed by atoms with Crippen LogP contribution in [-0.4, -0.2) is 29.0 Å². The molecule has 0 spiro atoms. The van der Waals surface area contributed by atoms with Crippen LogP contribution in [0.4, 0.5) is 5.82 Å². The molecule has 16 heavy (non-hydrogen) atoms. The van der Waals surface area contributed by atoms with Crippen LogP contribution in [-0.2, 0) is 11.8 Å². The molecule has 0 saturated carbocycles. The van der Waals surface area contributed by atoms with Crippen LogP contribution in [0.3, 0.4) is 0 Å². The summed E-state index contributed by atoms with van der Waals surface area (Å²) in [6, 6.07) is 2.56. The van der Waals surface area contributed by atoms with Crippen molar-refractivity contribution in [2.24, 2.45) is 13.0 Å². The lowest BCUT2D eigenvalue weighted by atomic mass is 9.93. The average molecular weight is 223 g/mol. The molecule has 1 aliphatic rings. The molecule has 2 rings (SSSR count). The molecule has 1 aromatic heterocycles. The van der Waals surface area contributed by atoms with Crippen molar-refractivity contribution >= 4 is 5.82 Å². The minimum absolute atomic E-state index is 0.471. The quantitative estimate of drug-likeness (QED) is 0.851. The third kappa shape index (κ3) is 2.55. The number of anilines is 1. The summed E-state index contributed by atoms with van der Waals surface area (Å²) < 4.78 is 7.28. The van der Waals surface area contributed by atoms with Gasteiger partial charge in [-0.1, -0.05) is 0 Å². The Labute approximate surface area is 97.0 Å². The van der Waals surface area contributed by atoms with E-state index in [1.54, 1.807) is 0 Å². The number of nitrogens with zero attached hydrogens (tertiary/aromatic N) is 2. The highest BCUT2D eigenvalue weighted by molar-refractivity contribution is 5.36. The summed E-state index contributed by atoms with van der Waals surface area (Å²) in [6.07, 6.45) is 2.31. The van der Waals surface area contributed by atoms with Crippen LogP contribution in [0.1, 0.15) is 25.5 Å². The van der Waals surface area contributed by atoms with E-state index in [4.69, 9.17) is 4.74 Å².